The van der Waals surface area contributed by atoms with Crippen LogP contribution in [0.4, 0.5) is 5.13 Å². The van der Waals surface area contributed by atoms with Crippen molar-refractivity contribution in [3.8, 4) is 22.9 Å². The number of anilines is 1. The second-order valence-corrected chi connectivity index (χ2v) is 8.13. The van der Waals surface area contributed by atoms with E-state index in [0.29, 0.717) is 5.56 Å². The molecule has 0 saturated heterocycles. The van der Waals surface area contributed by atoms with E-state index in [9.17, 15) is 24.6 Å². The van der Waals surface area contributed by atoms with E-state index in [-0.39, 0.29) is 28.7 Å². The number of rotatable bonds is 7. The minimum atomic E-state index is -1.15. The van der Waals surface area contributed by atoms with Crippen LogP contribution in [-0.4, -0.2) is 43.7 Å². The molecule has 2 heterocycles. The SMILES string of the molecule is COC(=O)c1csc(NC(=O)[C@H](Cc2ccccc2)n2c(O)c(-c3cccc(O)c3)[nH]c2=O)n1. The molecule has 10 nitrogen and oxygen atoms in total. The fourth-order valence-corrected chi connectivity index (χ4v) is 4.13. The molecule has 0 bridgehead atoms. The molecule has 0 aliphatic rings. The van der Waals surface area contributed by atoms with Gasteiger partial charge in [0.2, 0.25) is 11.8 Å². The molecule has 1 atom stereocenters. The van der Waals surface area contributed by atoms with Gasteiger partial charge in [-0.15, -0.1) is 11.3 Å². The van der Waals surface area contributed by atoms with Crippen LogP contribution >= 0.6 is 11.3 Å². The molecular weight excluding hydrogens is 460 g/mol. The molecule has 11 heteroatoms. The predicted molar refractivity (Wildman–Crippen MR) is 125 cm³/mol. The van der Waals surface area contributed by atoms with E-state index in [4.69, 9.17) is 0 Å². The van der Waals surface area contributed by atoms with E-state index in [2.05, 4.69) is 20.0 Å². The summed E-state index contributed by atoms with van der Waals surface area (Å²) in [4.78, 5) is 44.4. The predicted octanol–water partition coefficient (Wildman–Crippen LogP) is 2.92. The Kier molecular flexibility index (Phi) is 6.46. The van der Waals surface area contributed by atoms with Crippen molar-refractivity contribution in [2.45, 2.75) is 12.5 Å². The van der Waals surface area contributed by atoms with E-state index >= 15 is 0 Å². The van der Waals surface area contributed by atoms with Crippen LogP contribution in [-0.2, 0) is 16.0 Å². The lowest BCUT2D eigenvalue weighted by atomic mass is 10.0. The summed E-state index contributed by atoms with van der Waals surface area (Å²) in [7, 11) is 1.22. The van der Waals surface area contributed by atoms with E-state index in [1.165, 1.54) is 24.6 Å². The van der Waals surface area contributed by atoms with E-state index in [1.807, 2.05) is 6.07 Å². The maximum Gasteiger partial charge on any atom is 0.357 e. The summed E-state index contributed by atoms with van der Waals surface area (Å²) in [6.07, 6.45) is 0.0900. The topological polar surface area (TPSA) is 147 Å². The Morgan fingerprint density at radius 2 is 1.94 bits per heavy atom. The number of phenols is 1. The molecule has 4 N–H and O–H groups in total. The first kappa shape index (κ1) is 22.8. The number of H-pyrrole nitrogens is 1. The average Bonchev–Trinajstić information content (AvgIpc) is 3.41. The Hall–Kier alpha value is -4.38. The van der Waals surface area contributed by atoms with Gasteiger partial charge in [-0.3, -0.25) is 4.79 Å². The van der Waals surface area contributed by atoms with Crippen molar-refractivity contribution in [3.05, 3.63) is 81.7 Å². The Morgan fingerprint density at radius 1 is 1.18 bits per heavy atom. The number of nitrogens with zero attached hydrogens (tertiary/aromatic N) is 2. The normalized spacial score (nSPS) is 11.7. The summed E-state index contributed by atoms with van der Waals surface area (Å²) in [6.45, 7) is 0. The third kappa shape index (κ3) is 4.69. The average molecular weight is 481 g/mol. The van der Waals surface area contributed by atoms with Gasteiger partial charge < -0.3 is 25.3 Å². The number of amides is 1. The van der Waals surface area contributed by atoms with Gasteiger partial charge in [-0.2, -0.15) is 0 Å². The van der Waals surface area contributed by atoms with Gasteiger partial charge in [-0.1, -0.05) is 42.5 Å². The van der Waals surface area contributed by atoms with Gasteiger partial charge in [0, 0.05) is 17.4 Å². The van der Waals surface area contributed by atoms with Crippen LogP contribution in [0.15, 0.2) is 64.8 Å². The highest BCUT2D eigenvalue weighted by Gasteiger charge is 2.29. The zero-order chi connectivity index (χ0) is 24.2. The van der Waals surface area contributed by atoms with E-state index < -0.39 is 29.5 Å². The minimum Gasteiger partial charge on any atom is -0.508 e. The van der Waals surface area contributed by atoms with Crippen LogP contribution in [0.25, 0.3) is 11.3 Å². The highest BCUT2D eigenvalue weighted by molar-refractivity contribution is 7.14. The molecule has 2 aromatic heterocycles. The third-order valence-corrected chi connectivity index (χ3v) is 5.81. The summed E-state index contributed by atoms with van der Waals surface area (Å²) < 4.78 is 5.58. The maximum atomic E-state index is 13.3. The standard InChI is InChI=1S/C23H20N4O6S/c1-33-21(31)16-12-34-22(24-16)26-19(29)17(10-13-6-3-2-4-7-13)27-20(30)18(25-23(27)32)14-8-5-9-15(28)11-14/h2-9,11-12,17,28,30H,10H2,1H3,(H,25,32)(H,24,26,29)/t17-/m0/s1. The number of carbonyl (C=O) groups excluding carboxylic acids is 2. The quantitative estimate of drug-likeness (QED) is 0.297. The van der Waals surface area contributed by atoms with Crippen molar-refractivity contribution >= 4 is 28.3 Å². The second kappa shape index (κ2) is 9.63. The number of phenolic OH excluding ortho intramolecular Hbond substituents is 1. The van der Waals surface area contributed by atoms with Gasteiger partial charge in [0.05, 0.1) is 7.11 Å². The number of imidazole rings is 1. The van der Waals surface area contributed by atoms with Gasteiger partial charge in [0.15, 0.2) is 10.8 Å². The van der Waals surface area contributed by atoms with Gasteiger partial charge in [-0.05, 0) is 17.7 Å². The molecule has 2 aromatic carbocycles. The van der Waals surface area contributed by atoms with Crippen molar-refractivity contribution in [2.75, 3.05) is 12.4 Å². The molecule has 0 aliphatic carbocycles. The molecule has 0 saturated carbocycles. The monoisotopic (exact) mass is 480 g/mol. The number of thiazole rings is 1. The maximum absolute atomic E-state index is 13.3. The van der Waals surface area contributed by atoms with Crippen molar-refractivity contribution in [3.63, 3.8) is 0 Å². The number of methoxy groups -OCH3 is 1. The molecule has 4 rings (SSSR count). The summed E-state index contributed by atoms with van der Waals surface area (Å²) in [6, 6.07) is 13.9. The number of carbonyl (C=O) groups is 2. The Labute approximate surface area is 197 Å². The number of benzene rings is 2. The Balaban J connectivity index is 1.72. The fourth-order valence-electron chi connectivity index (χ4n) is 3.45. The summed E-state index contributed by atoms with van der Waals surface area (Å²) in [5.41, 5.74) is 0.517. The molecule has 4 aromatic rings. The summed E-state index contributed by atoms with van der Waals surface area (Å²) in [5, 5.41) is 24.9. The molecule has 0 fully saturated rings. The number of aromatic hydroxyl groups is 2. The van der Waals surface area contributed by atoms with Gasteiger partial charge in [0.25, 0.3) is 0 Å². The van der Waals surface area contributed by atoms with Crippen LogP contribution in [0.3, 0.4) is 0 Å². The van der Waals surface area contributed by atoms with Gasteiger partial charge in [0.1, 0.15) is 17.5 Å². The Morgan fingerprint density at radius 3 is 2.65 bits per heavy atom. The van der Waals surface area contributed by atoms with E-state index in [1.54, 1.807) is 36.4 Å². The first-order valence-corrected chi connectivity index (χ1v) is 11.0. The number of ether oxygens (including phenoxy) is 1. The van der Waals surface area contributed by atoms with Crippen molar-refractivity contribution in [1.82, 2.24) is 14.5 Å². The number of hydrogen-bond donors (Lipinski definition) is 4. The highest BCUT2D eigenvalue weighted by atomic mass is 32.1. The molecule has 0 unspecified atom stereocenters. The first-order valence-electron chi connectivity index (χ1n) is 10.1. The number of hydrogen-bond acceptors (Lipinski definition) is 8. The lowest BCUT2D eigenvalue weighted by molar-refractivity contribution is -0.119. The van der Waals surface area contributed by atoms with Crippen LogP contribution in [0.5, 0.6) is 11.6 Å². The molecule has 1 amide bonds. The van der Waals surface area contributed by atoms with Crippen molar-refractivity contribution in [1.29, 1.82) is 0 Å². The molecule has 0 aliphatic heterocycles. The summed E-state index contributed by atoms with van der Waals surface area (Å²) >= 11 is 1.02. The molecule has 34 heavy (non-hydrogen) atoms. The second-order valence-electron chi connectivity index (χ2n) is 7.27. The lowest BCUT2D eigenvalue weighted by Crippen LogP contribution is -2.33. The summed E-state index contributed by atoms with van der Waals surface area (Å²) in [5.74, 6) is -1.77. The van der Waals surface area contributed by atoms with Gasteiger partial charge in [-0.25, -0.2) is 19.1 Å². The zero-order valence-electron chi connectivity index (χ0n) is 17.9. The molecule has 0 radical (unpaired) electrons. The Bertz CT molecular complexity index is 1390. The first-order chi connectivity index (χ1) is 16.4. The largest absolute Gasteiger partial charge is 0.508 e. The third-order valence-electron chi connectivity index (χ3n) is 5.05. The van der Waals surface area contributed by atoms with Crippen LogP contribution in [0, 0.1) is 0 Å². The smallest absolute Gasteiger partial charge is 0.357 e. The molecular formula is C23H20N4O6S. The molecule has 174 valence electrons. The number of nitrogens with one attached hydrogen (secondary N) is 2. The van der Waals surface area contributed by atoms with Crippen LogP contribution in [0.2, 0.25) is 0 Å². The minimum absolute atomic E-state index is 0.0373. The number of aromatic nitrogens is 3. The zero-order valence-corrected chi connectivity index (χ0v) is 18.7. The van der Waals surface area contributed by atoms with Crippen molar-refractivity contribution < 1.29 is 24.5 Å². The lowest BCUT2D eigenvalue weighted by Gasteiger charge is -2.18. The van der Waals surface area contributed by atoms with Crippen LogP contribution in [0.1, 0.15) is 22.1 Å². The van der Waals surface area contributed by atoms with Crippen LogP contribution < -0.4 is 11.0 Å². The van der Waals surface area contributed by atoms with E-state index in [0.717, 1.165) is 21.5 Å². The van der Waals surface area contributed by atoms with Gasteiger partial charge >= 0.3 is 11.7 Å². The number of esters is 1. The fraction of sp³-hybridized carbons (Fsp3) is 0.130. The number of aromatic amines is 1. The molecule has 0 spiro atoms. The highest BCUT2D eigenvalue weighted by Crippen LogP contribution is 2.31. The van der Waals surface area contributed by atoms with Crippen molar-refractivity contribution in [2.24, 2.45) is 0 Å².